The van der Waals surface area contributed by atoms with Gasteiger partial charge in [-0.3, -0.25) is 4.79 Å². The Kier molecular flexibility index (Phi) is 4.61. The van der Waals surface area contributed by atoms with Gasteiger partial charge in [0.2, 0.25) is 0 Å². The number of rotatable bonds is 3. The van der Waals surface area contributed by atoms with Crippen molar-refractivity contribution in [3.8, 4) is 5.75 Å². The number of nitrogens with zero attached hydrogens (tertiary/aromatic N) is 1. The second kappa shape index (κ2) is 7.36. The molecule has 4 rings (SSSR count). The molecule has 26 heavy (non-hydrogen) atoms. The van der Waals surface area contributed by atoms with E-state index in [-0.39, 0.29) is 5.78 Å². The van der Waals surface area contributed by atoms with Crippen LogP contribution in [0.1, 0.15) is 34.3 Å². The third-order valence-corrected chi connectivity index (χ3v) is 4.41. The van der Waals surface area contributed by atoms with E-state index < -0.39 is 0 Å². The molecule has 3 aromatic rings. The van der Waals surface area contributed by atoms with Gasteiger partial charge in [-0.1, -0.05) is 60.7 Å². The molecule has 0 saturated carbocycles. The second-order valence-corrected chi connectivity index (χ2v) is 6.25. The molecular formula is C23H19NO2. The Morgan fingerprint density at radius 1 is 0.846 bits per heavy atom. The molecule has 0 unspecified atom stereocenters. The summed E-state index contributed by atoms with van der Waals surface area (Å²) in [6, 6.07) is 25.8. The van der Waals surface area contributed by atoms with Crippen LogP contribution in [0.15, 0.2) is 83.9 Å². The van der Waals surface area contributed by atoms with Crippen molar-refractivity contribution in [2.24, 2.45) is 4.99 Å². The topological polar surface area (TPSA) is 38.7 Å². The third-order valence-electron chi connectivity index (χ3n) is 4.41. The van der Waals surface area contributed by atoms with Gasteiger partial charge < -0.3 is 4.74 Å². The minimum absolute atomic E-state index is 0.138. The molecule has 0 saturated heterocycles. The van der Waals surface area contributed by atoms with Crippen LogP contribution in [0.3, 0.4) is 0 Å². The SMILES string of the molecule is O=C1CCCOc2cc(N=C(c3ccccc3)c3ccccc3)ccc21. The van der Waals surface area contributed by atoms with Crippen molar-refractivity contribution in [1.29, 1.82) is 0 Å². The first-order chi connectivity index (χ1) is 12.8. The van der Waals surface area contributed by atoms with Gasteiger partial charge in [-0.05, 0) is 18.6 Å². The number of ether oxygens (including phenoxy) is 1. The molecule has 0 radical (unpaired) electrons. The van der Waals surface area contributed by atoms with Crippen LogP contribution in [0.4, 0.5) is 5.69 Å². The molecule has 3 heteroatoms. The summed E-state index contributed by atoms with van der Waals surface area (Å²) in [6.45, 7) is 0.566. The summed E-state index contributed by atoms with van der Waals surface area (Å²) in [5, 5.41) is 0. The lowest BCUT2D eigenvalue weighted by atomic mass is 10.0. The molecule has 128 valence electrons. The van der Waals surface area contributed by atoms with Crippen LogP contribution < -0.4 is 4.74 Å². The normalized spacial score (nSPS) is 13.3. The van der Waals surface area contributed by atoms with Crippen LogP contribution in [-0.4, -0.2) is 18.1 Å². The molecule has 0 atom stereocenters. The molecule has 3 aromatic carbocycles. The van der Waals surface area contributed by atoms with Gasteiger partial charge in [-0.15, -0.1) is 0 Å². The quantitative estimate of drug-likeness (QED) is 0.613. The third kappa shape index (κ3) is 3.42. The van der Waals surface area contributed by atoms with Gasteiger partial charge in [0.15, 0.2) is 5.78 Å². The van der Waals surface area contributed by atoms with E-state index in [1.165, 1.54) is 0 Å². The molecule has 0 amide bonds. The van der Waals surface area contributed by atoms with E-state index in [1.807, 2.05) is 54.6 Å². The number of hydrogen-bond donors (Lipinski definition) is 0. The minimum Gasteiger partial charge on any atom is -0.493 e. The van der Waals surface area contributed by atoms with E-state index in [0.29, 0.717) is 24.3 Å². The Labute approximate surface area is 153 Å². The first kappa shape index (κ1) is 16.3. The van der Waals surface area contributed by atoms with Crippen molar-refractivity contribution in [2.75, 3.05) is 6.61 Å². The standard InChI is InChI=1S/C23H19NO2/c25-21-12-7-15-26-22-16-19(13-14-20(21)22)24-23(17-8-3-1-4-9-17)18-10-5-2-6-11-18/h1-6,8-11,13-14,16H,7,12,15H2. The Morgan fingerprint density at radius 2 is 1.50 bits per heavy atom. The summed E-state index contributed by atoms with van der Waals surface area (Å²) in [6.07, 6.45) is 1.29. The zero-order valence-electron chi connectivity index (χ0n) is 14.4. The number of aliphatic imine (C=N–C) groups is 1. The van der Waals surface area contributed by atoms with E-state index in [2.05, 4.69) is 24.3 Å². The monoisotopic (exact) mass is 341 g/mol. The number of hydrogen-bond acceptors (Lipinski definition) is 3. The van der Waals surface area contributed by atoms with Gasteiger partial charge in [0, 0.05) is 23.6 Å². The predicted octanol–water partition coefficient (Wildman–Crippen LogP) is 5.21. The van der Waals surface area contributed by atoms with Crippen molar-refractivity contribution in [3.63, 3.8) is 0 Å². The molecule has 0 fully saturated rings. The number of carbonyl (C=O) groups is 1. The van der Waals surface area contributed by atoms with Gasteiger partial charge in [0.05, 0.1) is 23.6 Å². The van der Waals surface area contributed by atoms with Gasteiger partial charge in [0.25, 0.3) is 0 Å². The molecule has 0 aromatic heterocycles. The summed E-state index contributed by atoms with van der Waals surface area (Å²) in [4.78, 5) is 17.1. The minimum atomic E-state index is 0.138. The summed E-state index contributed by atoms with van der Waals surface area (Å²) >= 11 is 0. The molecule has 1 aliphatic rings. The van der Waals surface area contributed by atoms with E-state index >= 15 is 0 Å². The van der Waals surface area contributed by atoms with Crippen LogP contribution in [0.2, 0.25) is 0 Å². The highest BCUT2D eigenvalue weighted by Gasteiger charge is 2.17. The molecule has 1 heterocycles. The Hall–Kier alpha value is -3.20. The van der Waals surface area contributed by atoms with Gasteiger partial charge >= 0.3 is 0 Å². The van der Waals surface area contributed by atoms with E-state index in [1.54, 1.807) is 0 Å². The van der Waals surface area contributed by atoms with Crippen LogP contribution in [0.5, 0.6) is 5.75 Å². The number of fused-ring (bicyclic) bond motifs is 1. The smallest absolute Gasteiger partial charge is 0.166 e. The van der Waals surface area contributed by atoms with E-state index in [4.69, 9.17) is 9.73 Å². The lowest BCUT2D eigenvalue weighted by Crippen LogP contribution is -2.03. The van der Waals surface area contributed by atoms with E-state index in [9.17, 15) is 4.79 Å². The van der Waals surface area contributed by atoms with Crippen molar-refractivity contribution in [3.05, 3.63) is 95.6 Å². The number of benzene rings is 3. The molecule has 0 bridgehead atoms. The van der Waals surface area contributed by atoms with Crippen LogP contribution in [0, 0.1) is 0 Å². The fraction of sp³-hybridized carbons (Fsp3) is 0.130. The number of ketones is 1. The number of Topliss-reactive ketones (excluding diaryl/α,β-unsaturated/α-hetero) is 1. The highest BCUT2D eigenvalue weighted by atomic mass is 16.5. The zero-order valence-corrected chi connectivity index (χ0v) is 14.4. The largest absolute Gasteiger partial charge is 0.493 e. The lowest BCUT2D eigenvalue weighted by molar-refractivity contribution is 0.0983. The molecule has 1 aliphatic heterocycles. The number of carbonyl (C=O) groups excluding carboxylic acids is 1. The molecule has 3 nitrogen and oxygen atoms in total. The van der Waals surface area contributed by atoms with Gasteiger partial charge in [-0.2, -0.15) is 0 Å². The predicted molar refractivity (Wildman–Crippen MR) is 104 cm³/mol. The average molecular weight is 341 g/mol. The fourth-order valence-corrected chi connectivity index (χ4v) is 3.10. The van der Waals surface area contributed by atoms with Gasteiger partial charge in [0.1, 0.15) is 5.75 Å². The second-order valence-electron chi connectivity index (χ2n) is 6.25. The van der Waals surface area contributed by atoms with Crippen molar-refractivity contribution < 1.29 is 9.53 Å². The summed E-state index contributed by atoms with van der Waals surface area (Å²) < 4.78 is 5.76. The van der Waals surface area contributed by atoms with Crippen LogP contribution in [0.25, 0.3) is 0 Å². The maximum atomic E-state index is 12.2. The Bertz CT molecular complexity index is 905. The Morgan fingerprint density at radius 3 is 2.15 bits per heavy atom. The average Bonchev–Trinajstić information content (AvgIpc) is 2.88. The van der Waals surface area contributed by atoms with Crippen LogP contribution >= 0.6 is 0 Å². The fourth-order valence-electron chi connectivity index (χ4n) is 3.10. The highest BCUT2D eigenvalue weighted by Crippen LogP contribution is 2.30. The van der Waals surface area contributed by atoms with Crippen molar-refractivity contribution in [2.45, 2.75) is 12.8 Å². The molecule has 0 aliphatic carbocycles. The maximum Gasteiger partial charge on any atom is 0.166 e. The van der Waals surface area contributed by atoms with Crippen molar-refractivity contribution >= 4 is 17.2 Å². The lowest BCUT2D eigenvalue weighted by Gasteiger charge is -2.10. The summed E-state index contributed by atoms with van der Waals surface area (Å²) in [7, 11) is 0. The summed E-state index contributed by atoms with van der Waals surface area (Å²) in [5.41, 5.74) is 4.42. The Balaban J connectivity index is 1.80. The summed E-state index contributed by atoms with van der Waals surface area (Å²) in [5.74, 6) is 0.772. The van der Waals surface area contributed by atoms with Crippen LogP contribution in [-0.2, 0) is 0 Å². The zero-order chi connectivity index (χ0) is 17.8. The van der Waals surface area contributed by atoms with Crippen molar-refractivity contribution in [1.82, 2.24) is 0 Å². The molecule has 0 spiro atoms. The first-order valence-corrected chi connectivity index (χ1v) is 8.81. The highest BCUT2D eigenvalue weighted by molar-refractivity contribution is 6.14. The first-order valence-electron chi connectivity index (χ1n) is 8.81. The maximum absolute atomic E-state index is 12.2. The molecular weight excluding hydrogens is 322 g/mol. The van der Waals surface area contributed by atoms with Gasteiger partial charge in [-0.25, -0.2) is 4.99 Å². The molecule has 0 N–H and O–H groups in total. The van der Waals surface area contributed by atoms with E-state index in [0.717, 1.165) is 28.9 Å².